The number of unbranched alkanes of at least 4 members (excludes halogenated alkanes) is 1. The lowest BCUT2D eigenvalue weighted by Crippen LogP contribution is -2.54. The van der Waals surface area contributed by atoms with Gasteiger partial charge >= 0.3 is 7.60 Å². The van der Waals surface area contributed by atoms with Gasteiger partial charge in [0.2, 0.25) is 11.8 Å². The molecule has 25 heavy (non-hydrogen) atoms. The molecule has 148 valence electrons. The van der Waals surface area contributed by atoms with Gasteiger partial charge in [0.15, 0.2) is 0 Å². The lowest BCUT2D eigenvalue weighted by Gasteiger charge is -2.26. The van der Waals surface area contributed by atoms with Crippen LogP contribution in [0, 0.1) is 5.92 Å². The lowest BCUT2D eigenvalue weighted by atomic mass is 10.0. The Morgan fingerprint density at radius 1 is 1.08 bits per heavy atom. The first-order valence-electron chi connectivity index (χ1n) is 8.56. The van der Waals surface area contributed by atoms with Crippen LogP contribution in [0.15, 0.2) is 0 Å². The normalized spacial score (nSPS) is 15.5. The Balaban J connectivity index is 5.05. The second-order valence-corrected chi connectivity index (χ2v) is 8.53. The molecular weight excluding hydrogens is 347 g/mol. The van der Waals surface area contributed by atoms with Crippen LogP contribution in [0.2, 0.25) is 0 Å². The fraction of sp³-hybridized carbons (Fsp3) is 0.867. The highest BCUT2D eigenvalue weighted by atomic mass is 31.2. The summed E-state index contributed by atoms with van der Waals surface area (Å²) in [6, 6.07) is -1.50. The van der Waals surface area contributed by atoms with Crippen LogP contribution in [0.5, 0.6) is 0 Å². The molecule has 0 spiro atoms. The largest absolute Gasteiger partial charge is 0.357 e. The van der Waals surface area contributed by atoms with Crippen LogP contribution in [0.1, 0.15) is 46.5 Å². The van der Waals surface area contributed by atoms with Gasteiger partial charge in [0.25, 0.3) is 0 Å². The number of hydrogen-bond donors (Lipinski definition) is 6. The zero-order valence-corrected chi connectivity index (χ0v) is 16.4. The Kier molecular flexibility index (Phi) is 11.1. The summed E-state index contributed by atoms with van der Waals surface area (Å²) < 4.78 is 11.4. The molecule has 9 nitrogen and oxygen atoms in total. The number of carbonyl (C=O) groups is 2. The molecule has 0 rings (SSSR count). The predicted octanol–water partition coefficient (Wildman–Crippen LogP) is -0.126. The van der Waals surface area contributed by atoms with Crippen molar-refractivity contribution in [3.05, 3.63) is 0 Å². The molecule has 0 unspecified atom stereocenters. The molecule has 0 saturated heterocycles. The molecule has 0 aromatic heterocycles. The van der Waals surface area contributed by atoms with Crippen LogP contribution >= 0.6 is 7.60 Å². The van der Waals surface area contributed by atoms with Gasteiger partial charge in [-0.1, -0.05) is 13.8 Å². The van der Waals surface area contributed by atoms with Gasteiger partial charge in [-0.3, -0.25) is 19.5 Å². The van der Waals surface area contributed by atoms with Crippen molar-refractivity contribution in [2.45, 2.75) is 64.3 Å². The maximum Gasteiger partial charge on any atom is 0.342 e. The number of hydrogen-bond acceptors (Lipinski definition) is 5. The second kappa shape index (κ2) is 11.6. The van der Waals surface area contributed by atoms with E-state index in [0.717, 1.165) is 6.42 Å². The van der Waals surface area contributed by atoms with E-state index in [0.29, 0.717) is 25.8 Å². The number of nitrogens with one attached hydrogen (secondary N) is 3. The van der Waals surface area contributed by atoms with Crippen molar-refractivity contribution < 1.29 is 23.9 Å². The molecular formula is C15H33N4O5P. The van der Waals surface area contributed by atoms with Crippen LogP contribution in [-0.2, 0) is 14.2 Å². The summed E-state index contributed by atoms with van der Waals surface area (Å²) in [6.45, 7) is 5.65. The summed E-state index contributed by atoms with van der Waals surface area (Å²) in [7, 11) is -2.87. The smallest absolute Gasteiger partial charge is 0.342 e. The fourth-order valence-electron chi connectivity index (χ4n) is 2.32. The quantitative estimate of drug-likeness (QED) is 0.204. The van der Waals surface area contributed by atoms with Gasteiger partial charge < -0.3 is 26.2 Å². The van der Waals surface area contributed by atoms with E-state index in [9.17, 15) is 23.9 Å². The molecule has 0 aliphatic rings. The minimum Gasteiger partial charge on any atom is -0.357 e. The maximum absolute atomic E-state index is 12.6. The summed E-state index contributed by atoms with van der Waals surface area (Å²) >= 11 is 0. The molecule has 10 heteroatoms. The molecule has 3 atom stereocenters. The van der Waals surface area contributed by atoms with E-state index >= 15 is 0 Å². The van der Waals surface area contributed by atoms with E-state index in [1.807, 2.05) is 13.8 Å². The van der Waals surface area contributed by atoms with Gasteiger partial charge in [0.1, 0.15) is 11.8 Å². The van der Waals surface area contributed by atoms with E-state index in [4.69, 9.17) is 5.73 Å². The molecule has 0 aliphatic heterocycles. The Bertz CT molecular complexity index is 469. The first-order valence-corrected chi connectivity index (χ1v) is 10.2. The molecule has 0 aliphatic carbocycles. The van der Waals surface area contributed by atoms with Crippen molar-refractivity contribution in [1.82, 2.24) is 16.0 Å². The van der Waals surface area contributed by atoms with Crippen LogP contribution in [0.4, 0.5) is 0 Å². The van der Waals surface area contributed by atoms with E-state index < -0.39 is 31.4 Å². The van der Waals surface area contributed by atoms with Gasteiger partial charge in [-0.05, 0) is 45.1 Å². The van der Waals surface area contributed by atoms with Crippen molar-refractivity contribution in [2.24, 2.45) is 11.7 Å². The van der Waals surface area contributed by atoms with E-state index in [2.05, 4.69) is 16.0 Å². The Morgan fingerprint density at radius 3 is 2.12 bits per heavy atom. The highest BCUT2D eigenvalue weighted by Gasteiger charge is 2.31. The number of carbonyl (C=O) groups excluding carboxylic acids is 2. The van der Waals surface area contributed by atoms with Crippen molar-refractivity contribution in [1.29, 1.82) is 0 Å². The van der Waals surface area contributed by atoms with Crippen molar-refractivity contribution in [3.8, 4) is 0 Å². The van der Waals surface area contributed by atoms with Crippen LogP contribution in [0.25, 0.3) is 0 Å². The van der Waals surface area contributed by atoms with Crippen LogP contribution in [0.3, 0.4) is 0 Å². The monoisotopic (exact) mass is 380 g/mol. The number of rotatable bonds is 12. The Morgan fingerprint density at radius 2 is 1.68 bits per heavy atom. The average Bonchev–Trinajstić information content (AvgIpc) is 2.51. The van der Waals surface area contributed by atoms with Gasteiger partial charge in [-0.2, -0.15) is 0 Å². The molecule has 0 saturated carbocycles. The summed E-state index contributed by atoms with van der Waals surface area (Å²) in [5.41, 5.74) is 5.45. The molecule has 7 N–H and O–H groups in total. The van der Waals surface area contributed by atoms with Gasteiger partial charge in [-0.15, -0.1) is 0 Å². The van der Waals surface area contributed by atoms with Gasteiger partial charge in [0.05, 0.1) is 6.04 Å². The standard InChI is InChI=1S/C15H33N4O5P/c1-10(2)9-13(18-11(3)25(22,23)24)15(21)19-12(14(20)17-4)7-5-6-8-16/h10-13,18H,5-9,16H2,1-4H3,(H,17,20)(H,19,21)(H2,22,23,24)/t11-,12+,13+/m1/s1. The molecule has 0 radical (unpaired) electrons. The summed E-state index contributed by atoms with van der Waals surface area (Å²) in [6.07, 6.45) is 2.27. The zero-order chi connectivity index (χ0) is 19.6. The third-order valence-corrected chi connectivity index (χ3v) is 4.95. The van der Waals surface area contributed by atoms with Crippen molar-refractivity contribution >= 4 is 19.4 Å². The van der Waals surface area contributed by atoms with Crippen LogP contribution < -0.4 is 21.7 Å². The predicted molar refractivity (Wildman–Crippen MR) is 96.8 cm³/mol. The number of nitrogens with two attached hydrogens (primary N) is 1. The summed E-state index contributed by atoms with van der Waals surface area (Å²) in [5, 5.41) is 7.88. The molecule has 0 bridgehead atoms. The first kappa shape index (κ1) is 24.0. The van der Waals surface area contributed by atoms with E-state index in [-0.39, 0.29) is 11.8 Å². The summed E-state index contributed by atoms with van der Waals surface area (Å²) in [4.78, 5) is 43.0. The molecule has 0 aromatic carbocycles. The highest BCUT2D eigenvalue weighted by molar-refractivity contribution is 7.52. The second-order valence-electron chi connectivity index (χ2n) is 6.57. The third-order valence-electron chi connectivity index (χ3n) is 3.80. The number of amides is 2. The molecule has 0 heterocycles. The third kappa shape index (κ3) is 9.91. The highest BCUT2D eigenvalue weighted by Crippen LogP contribution is 2.39. The number of likely N-dealkylation sites (N-methyl/N-ethyl adjacent to an activating group) is 1. The first-order chi connectivity index (χ1) is 11.5. The SMILES string of the molecule is CNC(=O)[C@H](CCCCN)NC(=O)[C@H](CC(C)C)N[C@@H](C)P(=O)(O)O. The molecule has 2 amide bonds. The van der Waals surface area contributed by atoms with Gasteiger partial charge in [-0.25, -0.2) is 0 Å². The van der Waals surface area contributed by atoms with Crippen molar-refractivity contribution in [3.63, 3.8) is 0 Å². The minimum atomic E-state index is -4.36. The molecule has 0 aromatic rings. The summed E-state index contributed by atoms with van der Waals surface area (Å²) in [5.74, 6) is -1.78. The maximum atomic E-state index is 12.6. The molecule has 0 fully saturated rings. The topological polar surface area (TPSA) is 154 Å². The Labute approximate surface area is 149 Å². The van der Waals surface area contributed by atoms with Crippen molar-refractivity contribution in [2.75, 3.05) is 13.6 Å². The minimum absolute atomic E-state index is 0.128. The Hall–Kier alpha value is -0.990. The van der Waals surface area contributed by atoms with E-state index in [1.54, 1.807) is 0 Å². The van der Waals surface area contributed by atoms with E-state index in [1.165, 1.54) is 14.0 Å². The zero-order valence-electron chi connectivity index (χ0n) is 15.5. The fourth-order valence-corrected chi connectivity index (χ4v) is 2.69. The average molecular weight is 380 g/mol. The van der Waals surface area contributed by atoms with Crippen LogP contribution in [-0.4, -0.2) is 53.1 Å². The van der Waals surface area contributed by atoms with Gasteiger partial charge in [0, 0.05) is 7.05 Å². The lowest BCUT2D eigenvalue weighted by molar-refractivity contribution is -0.130.